The second-order valence-electron chi connectivity index (χ2n) is 9.96. The normalized spacial score (nSPS) is 19.4. The van der Waals surface area contributed by atoms with Gasteiger partial charge in [0.05, 0.1) is 11.6 Å². The van der Waals surface area contributed by atoms with E-state index in [-0.39, 0.29) is 5.56 Å². The third kappa shape index (κ3) is 4.08. The van der Waals surface area contributed by atoms with Gasteiger partial charge in [0.25, 0.3) is 5.91 Å². The van der Waals surface area contributed by atoms with Crippen molar-refractivity contribution in [3.8, 4) is 11.4 Å². The molecule has 1 aliphatic carbocycles. The average Bonchev–Trinajstić information content (AvgIpc) is 3.44. The zero-order chi connectivity index (χ0) is 25.9. The number of pyridine rings is 1. The summed E-state index contributed by atoms with van der Waals surface area (Å²) in [5.41, 5.74) is 1.59. The van der Waals surface area contributed by atoms with Crippen LogP contribution in [-0.2, 0) is 11.3 Å². The minimum atomic E-state index is -1.67. The lowest BCUT2D eigenvalue weighted by Gasteiger charge is -2.29. The monoisotopic (exact) mass is 508 g/mol. The molecule has 4 heterocycles. The fourth-order valence-electron chi connectivity index (χ4n) is 5.19. The summed E-state index contributed by atoms with van der Waals surface area (Å²) < 4.78 is 44.7. The lowest BCUT2D eigenvalue weighted by atomic mass is 9.97. The fraction of sp³-hybridized carbons (Fsp3) is 0.407. The van der Waals surface area contributed by atoms with Gasteiger partial charge >= 0.3 is 0 Å². The van der Waals surface area contributed by atoms with Gasteiger partial charge in [-0.15, -0.1) is 0 Å². The highest BCUT2D eigenvalue weighted by molar-refractivity contribution is 5.89. The lowest BCUT2D eigenvalue weighted by molar-refractivity contribution is -0.137. The summed E-state index contributed by atoms with van der Waals surface area (Å²) in [6.07, 6.45) is 3.18. The van der Waals surface area contributed by atoms with Crippen LogP contribution in [-0.4, -0.2) is 50.6 Å². The molecule has 1 fully saturated rings. The SMILES string of the molecule is Cc1nc2n3c(c(C4=CCN(C(=O)C5(F)CC5)CC4)cc-2c(=N[C@H](C)c2cccc(F)c2F)n1)NCC3. The Morgan fingerprint density at radius 3 is 2.73 bits per heavy atom. The number of carbonyl (C=O) groups is 1. The summed E-state index contributed by atoms with van der Waals surface area (Å²) in [4.78, 5) is 28.0. The van der Waals surface area contributed by atoms with E-state index in [9.17, 15) is 18.0 Å². The van der Waals surface area contributed by atoms with Gasteiger partial charge in [-0.2, -0.15) is 0 Å². The van der Waals surface area contributed by atoms with Crippen LogP contribution in [0.5, 0.6) is 0 Å². The van der Waals surface area contributed by atoms with Crippen molar-refractivity contribution in [3.05, 3.63) is 64.4 Å². The summed E-state index contributed by atoms with van der Waals surface area (Å²) in [6, 6.07) is 5.38. The molecule has 0 aromatic heterocycles. The minimum absolute atomic E-state index is 0.154. The molecular weight excluding hydrogens is 481 g/mol. The predicted molar refractivity (Wildman–Crippen MR) is 132 cm³/mol. The van der Waals surface area contributed by atoms with Crippen molar-refractivity contribution in [3.63, 3.8) is 0 Å². The zero-order valence-electron chi connectivity index (χ0n) is 20.7. The summed E-state index contributed by atoms with van der Waals surface area (Å²) >= 11 is 0. The molecule has 0 saturated heterocycles. The molecule has 4 aliphatic heterocycles. The molecule has 0 radical (unpaired) electrons. The van der Waals surface area contributed by atoms with Gasteiger partial charge < -0.3 is 14.8 Å². The molecule has 6 rings (SSSR count). The summed E-state index contributed by atoms with van der Waals surface area (Å²) in [6.45, 7) is 5.72. The number of benzene rings is 1. The first-order chi connectivity index (χ1) is 17.7. The number of anilines is 1. The molecule has 10 heteroatoms. The van der Waals surface area contributed by atoms with Crippen molar-refractivity contribution < 1.29 is 18.0 Å². The Balaban J connectivity index is 1.44. The van der Waals surface area contributed by atoms with Gasteiger partial charge in [0.15, 0.2) is 22.8 Å². The van der Waals surface area contributed by atoms with Crippen molar-refractivity contribution in [2.75, 3.05) is 25.0 Å². The van der Waals surface area contributed by atoms with Gasteiger partial charge in [0.1, 0.15) is 17.5 Å². The molecular formula is C27H27F3N6O. The van der Waals surface area contributed by atoms with Crippen LogP contribution in [0.15, 0.2) is 35.3 Å². The number of fused-ring (bicyclic) bond motifs is 3. The Hall–Kier alpha value is -3.69. The van der Waals surface area contributed by atoms with Gasteiger partial charge in [-0.05, 0) is 50.8 Å². The predicted octanol–water partition coefficient (Wildman–Crippen LogP) is 4.17. The molecule has 5 aliphatic rings. The van der Waals surface area contributed by atoms with Gasteiger partial charge in [-0.1, -0.05) is 18.2 Å². The van der Waals surface area contributed by atoms with Crippen LogP contribution in [0.25, 0.3) is 17.0 Å². The standard InChI is InChI=1S/C27H27F3N6O/c1-15(18-4-3-5-21(28)22(18)29)32-23-20-14-19(24-31-10-13-36(24)25(20)34-16(2)33-23)17-6-11-35(12-7-17)26(37)27(30)8-9-27/h3-6,14-15,31H,7-13H2,1-2H3/t15-/m1/s1. The molecule has 192 valence electrons. The summed E-state index contributed by atoms with van der Waals surface area (Å²) in [5.74, 6) is -0.0793. The third-order valence-electron chi connectivity index (χ3n) is 7.38. The maximum atomic E-state index is 14.5. The Morgan fingerprint density at radius 2 is 2.00 bits per heavy atom. The topological polar surface area (TPSA) is 75.4 Å². The number of hydrogen-bond acceptors (Lipinski definition) is 5. The Morgan fingerprint density at radius 1 is 1.19 bits per heavy atom. The van der Waals surface area contributed by atoms with E-state index in [1.165, 1.54) is 12.1 Å². The van der Waals surface area contributed by atoms with Crippen LogP contribution in [0, 0.1) is 18.6 Å². The van der Waals surface area contributed by atoms with Crippen molar-refractivity contribution >= 4 is 17.3 Å². The van der Waals surface area contributed by atoms with E-state index in [2.05, 4.69) is 19.9 Å². The lowest BCUT2D eigenvalue weighted by Crippen LogP contribution is -2.41. The maximum absolute atomic E-state index is 14.5. The number of hydrogen-bond donors (Lipinski definition) is 1. The van der Waals surface area contributed by atoms with Crippen molar-refractivity contribution in [1.29, 1.82) is 0 Å². The summed E-state index contributed by atoms with van der Waals surface area (Å²) in [7, 11) is 0. The number of nitrogens with zero attached hydrogens (tertiary/aromatic N) is 5. The molecule has 1 N–H and O–H groups in total. The second kappa shape index (κ2) is 8.71. The molecule has 37 heavy (non-hydrogen) atoms. The molecule has 7 nitrogen and oxygen atoms in total. The van der Waals surface area contributed by atoms with E-state index >= 15 is 0 Å². The number of alkyl halides is 1. The zero-order valence-corrected chi connectivity index (χ0v) is 20.7. The number of amides is 1. The molecule has 0 unspecified atom stereocenters. The van der Waals surface area contributed by atoms with E-state index in [1.54, 1.807) is 18.7 Å². The van der Waals surface area contributed by atoms with E-state index in [4.69, 9.17) is 4.99 Å². The average molecular weight is 509 g/mol. The fourth-order valence-corrected chi connectivity index (χ4v) is 5.19. The number of aryl methyl sites for hydroxylation is 1. The van der Waals surface area contributed by atoms with Crippen LogP contribution in [0.4, 0.5) is 19.0 Å². The van der Waals surface area contributed by atoms with E-state index in [0.29, 0.717) is 61.6 Å². The first-order valence-corrected chi connectivity index (χ1v) is 12.6. The Kier molecular flexibility index (Phi) is 5.58. The third-order valence-corrected chi connectivity index (χ3v) is 7.38. The first kappa shape index (κ1) is 23.7. The molecule has 1 atom stereocenters. The number of halogens is 3. The van der Waals surface area contributed by atoms with Crippen molar-refractivity contribution in [1.82, 2.24) is 19.4 Å². The quantitative estimate of drug-likeness (QED) is 0.574. The summed E-state index contributed by atoms with van der Waals surface area (Å²) in [5, 5.41) is 3.44. The number of nitrogens with one attached hydrogen (secondary N) is 1. The van der Waals surface area contributed by atoms with Gasteiger partial charge in [-0.3, -0.25) is 9.79 Å². The van der Waals surface area contributed by atoms with Gasteiger partial charge in [-0.25, -0.2) is 23.1 Å². The van der Waals surface area contributed by atoms with Crippen LogP contribution in [0.3, 0.4) is 0 Å². The molecule has 1 amide bonds. The Labute approximate surface area is 212 Å². The van der Waals surface area contributed by atoms with Crippen LogP contribution < -0.4 is 10.8 Å². The van der Waals surface area contributed by atoms with E-state index in [1.807, 2.05) is 12.1 Å². The van der Waals surface area contributed by atoms with Gasteiger partial charge in [0.2, 0.25) is 0 Å². The molecule has 0 bridgehead atoms. The number of carbonyl (C=O) groups excluding carboxylic acids is 1. The molecule has 1 saturated carbocycles. The molecule has 1 aromatic rings. The largest absolute Gasteiger partial charge is 0.369 e. The number of rotatable bonds is 4. The molecule has 1 aromatic carbocycles. The first-order valence-electron chi connectivity index (χ1n) is 12.6. The Bertz CT molecular complexity index is 1490. The highest BCUT2D eigenvalue weighted by atomic mass is 19.2. The van der Waals surface area contributed by atoms with E-state index in [0.717, 1.165) is 29.6 Å². The van der Waals surface area contributed by atoms with Crippen LogP contribution in [0.1, 0.15) is 49.2 Å². The maximum Gasteiger partial charge on any atom is 0.260 e. The van der Waals surface area contributed by atoms with Gasteiger partial charge in [0, 0.05) is 37.3 Å². The smallest absolute Gasteiger partial charge is 0.260 e. The number of aromatic nitrogens is 3. The minimum Gasteiger partial charge on any atom is -0.369 e. The second-order valence-corrected chi connectivity index (χ2v) is 9.96. The van der Waals surface area contributed by atoms with Crippen LogP contribution >= 0.6 is 0 Å². The van der Waals surface area contributed by atoms with Crippen LogP contribution in [0.2, 0.25) is 0 Å². The molecule has 0 spiro atoms. The van der Waals surface area contributed by atoms with Crippen molar-refractivity contribution in [2.24, 2.45) is 4.99 Å². The highest BCUT2D eigenvalue weighted by Crippen LogP contribution is 2.42. The van der Waals surface area contributed by atoms with E-state index < -0.39 is 29.3 Å². The van der Waals surface area contributed by atoms with Crippen molar-refractivity contribution in [2.45, 2.75) is 51.4 Å². The highest BCUT2D eigenvalue weighted by Gasteiger charge is 2.52.